The molecule has 2 nitrogen and oxygen atoms in total. The van der Waals surface area contributed by atoms with Gasteiger partial charge in [-0.3, -0.25) is 0 Å². The molecule has 0 bridgehead atoms. The van der Waals surface area contributed by atoms with E-state index in [4.69, 9.17) is 0 Å². The third-order valence-corrected chi connectivity index (χ3v) is 13.5. The number of aryl methyl sites for hydroxylation is 4. The van der Waals surface area contributed by atoms with Crippen molar-refractivity contribution < 1.29 is 0 Å². The van der Waals surface area contributed by atoms with Gasteiger partial charge >= 0.3 is 0 Å². The Bertz CT molecular complexity index is 3020. The van der Waals surface area contributed by atoms with Crippen LogP contribution in [0.2, 0.25) is 0 Å². The number of hydrogen-bond acceptors (Lipinski definition) is 2. The van der Waals surface area contributed by atoms with Crippen molar-refractivity contribution in [2.24, 2.45) is 0 Å². The van der Waals surface area contributed by atoms with Gasteiger partial charge in [-0.05, 0) is 201 Å². The number of rotatable bonds is 8. The molecule has 0 aliphatic carbocycles. The van der Waals surface area contributed by atoms with Gasteiger partial charge in [0.1, 0.15) is 0 Å². The molecule has 66 heavy (non-hydrogen) atoms. The molecule has 0 aliphatic rings. The number of nitrogens with zero attached hydrogens (tertiary/aromatic N) is 2. The summed E-state index contributed by atoms with van der Waals surface area (Å²) in [5.74, 6) is 0. The molecule has 2 heteroatoms. The molecule has 0 aliphatic heterocycles. The third-order valence-electron chi connectivity index (χ3n) is 13.5. The van der Waals surface area contributed by atoms with Crippen molar-refractivity contribution in [3.63, 3.8) is 0 Å². The summed E-state index contributed by atoms with van der Waals surface area (Å²) in [5, 5.41) is 7.83. The monoisotopic (exact) mass is 856 g/mol. The van der Waals surface area contributed by atoms with E-state index >= 15 is 0 Å². The maximum absolute atomic E-state index is 2.48. The van der Waals surface area contributed by atoms with Gasteiger partial charge in [0.05, 0.1) is 0 Å². The molecule has 0 atom stereocenters. The Hall–Kier alpha value is -7.16. The summed E-state index contributed by atoms with van der Waals surface area (Å²) < 4.78 is 0. The van der Waals surface area contributed by atoms with Crippen LogP contribution in [-0.2, 0) is 10.8 Å². The van der Waals surface area contributed by atoms with Crippen LogP contribution in [0, 0.1) is 27.7 Å². The molecule has 10 aromatic carbocycles. The zero-order valence-electron chi connectivity index (χ0n) is 40.2. The van der Waals surface area contributed by atoms with Gasteiger partial charge in [0, 0.05) is 34.1 Å². The van der Waals surface area contributed by atoms with Crippen LogP contribution in [0.5, 0.6) is 0 Å². The lowest BCUT2D eigenvalue weighted by Crippen LogP contribution is -2.12. The summed E-state index contributed by atoms with van der Waals surface area (Å²) >= 11 is 0. The molecule has 0 spiro atoms. The maximum atomic E-state index is 2.48. The van der Waals surface area contributed by atoms with Crippen LogP contribution in [0.25, 0.3) is 54.6 Å². The SMILES string of the molecule is Cc1ccc(N(c2ccc(C)cc2)c2ccc(-c3cc4cc(C(C)(C)C)cc5c(-c6ccc(N(c7ccc(C)cc7)c7ccc(C)cc7)cc6)cc6cc(C(C)(C)C)cc3c6c45)cc2)cc1. The highest BCUT2D eigenvalue weighted by atomic mass is 15.1. The normalized spacial score (nSPS) is 12.1. The average molecular weight is 857 g/mol. The molecule has 0 aromatic heterocycles. The Morgan fingerprint density at radius 1 is 0.288 bits per heavy atom. The van der Waals surface area contributed by atoms with Gasteiger partial charge in [-0.15, -0.1) is 0 Å². The summed E-state index contributed by atoms with van der Waals surface area (Å²) in [7, 11) is 0. The summed E-state index contributed by atoms with van der Waals surface area (Å²) in [6, 6.07) is 68.7. The minimum atomic E-state index is -0.0508. The van der Waals surface area contributed by atoms with E-state index in [0.717, 1.165) is 34.1 Å². The number of benzene rings is 10. The second-order valence-corrected chi connectivity index (χ2v) is 20.7. The van der Waals surface area contributed by atoms with Crippen LogP contribution in [0.15, 0.2) is 182 Å². The van der Waals surface area contributed by atoms with Crippen LogP contribution >= 0.6 is 0 Å². The van der Waals surface area contributed by atoms with Crippen LogP contribution in [0.1, 0.15) is 74.9 Å². The first-order chi connectivity index (χ1) is 31.6. The lowest BCUT2D eigenvalue weighted by atomic mass is 9.78. The fourth-order valence-electron chi connectivity index (χ4n) is 9.60. The van der Waals surface area contributed by atoms with Gasteiger partial charge < -0.3 is 9.80 Å². The summed E-state index contributed by atoms with van der Waals surface area (Å²) in [5.41, 5.74) is 19.3. The minimum Gasteiger partial charge on any atom is -0.311 e. The zero-order valence-corrected chi connectivity index (χ0v) is 40.2. The second kappa shape index (κ2) is 16.4. The van der Waals surface area contributed by atoms with Crippen molar-refractivity contribution in [2.75, 3.05) is 9.80 Å². The molecule has 0 amide bonds. The summed E-state index contributed by atoms with van der Waals surface area (Å²) in [6.45, 7) is 22.6. The molecule has 0 saturated heterocycles. The van der Waals surface area contributed by atoms with Gasteiger partial charge in [-0.25, -0.2) is 0 Å². The largest absolute Gasteiger partial charge is 0.311 e. The molecule has 0 heterocycles. The summed E-state index contributed by atoms with van der Waals surface area (Å²) in [6.07, 6.45) is 0. The maximum Gasteiger partial charge on any atom is 0.0462 e. The molecule has 0 N–H and O–H groups in total. The predicted molar refractivity (Wildman–Crippen MR) is 287 cm³/mol. The Labute approximate surface area is 392 Å². The molecule has 0 unspecified atom stereocenters. The minimum absolute atomic E-state index is 0.0508. The van der Waals surface area contributed by atoms with Crippen molar-refractivity contribution in [1.82, 2.24) is 0 Å². The first-order valence-electron chi connectivity index (χ1n) is 23.5. The predicted octanol–water partition coefficient (Wildman–Crippen LogP) is 18.7. The van der Waals surface area contributed by atoms with E-state index in [1.807, 2.05) is 0 Å². The molecule has 0 radical (unpaired) electrons. The zero-order chi connectivity index (χ0) is 46.1. The molecular formula is C64H60N2. The van der Waals surface area contributed by atoms with E-state index in [1.54, 1.807) is 0 Å². The lowest BCUT2D eigenvalue weighted by Gasteiger charge is -2.27. The first kappa shape index (κ1) is 42.8. The summed E-state index contributed by atoms with van der Waals surface area (Å²) in [4.78, 5) is 4.72. The topological polar surface area (TPSA) is 6.48 Å². The fourth-order valence-corrected chi connectivity index (χ4v) is 9.60. The van der Waals surface area contributed by atoms with Crippen molar-refractivity contribution in [3.8, 4) is 22.3 Å². The molecule has 10 aromatic rings. The van der Waals surface area contributed by atoms with E-state index in [0.29, 0.717) is 0 Å². The Morgan fingerprint density at radius 3 is 0.773 bits per heavy atom. The second-order valence-electron chi connectivity index (χ2n) is 20.7. The quantitative estimate of drug-likeness (QED) is 0.141. The van der Waals surface area contributed by atoms with E-state index in [2.05, 4.69) is 261 Å². The molecule has 326 valence electrons. The van der Waals surface area contributed by atoms with Gasteiger partial charge in [0.15, 0.2) is 0 Å². The molecular weight excluding hydrogens is 797 g/mol. The molecule has 10 rings (SSSR count). The van der Waals surface area contributed by atoms with Crippen molar-refractivity contribution in [3.05, 3.63) is 215 Å². The smallest absolute Gasteiger partial charge is 0.0462 e. The number of hydrogen-bond donors (Lipinski definition) is 0. The first-order valence-corrected chi connectivity index (χ1v) is 23.5. The Morgan fingerprint density at radius 2 is 0.530 bits per heavy atom. The van der Waals surface area contributed by atoms with E-state index in [9.17, 15) is 0 Å². The van der Waals surface area contributed by atoms with Crippen LogP contribution < -0.4 is 9.80 Å². The van der Waals surface area contributed by atoms with Crippen molar-refractivity contribution in [1.29, 1.82) is 0 Å². The van der Waals surface area contributed by atoms with Gasteiger partial charge in [0.25, 0.3) is 0 Å². The van der Waals surface area contributed by atoms with Crippen LogP contribution in [0.4, 0.5) is 34.1 Å². The van der Waals surface area contributed by atoms with Gasteiger partial charge in [-0.2, -0.15) is 0 Å². The van der Waals surface area contributed by atoms with Crippen LogP contribution in [0.3, 0.4) is 0 Å². The molecule has 0 saturated carbocycles. The van der Waals surface area contributed by atoms with Crippen molar-refractivity contribution >= 4 is 66.4 Å². The fraction of sp³-hybridized carbons (Fsp3) is 0.188. The molecule has 0 fully saturated rings. The Balaban J connectivity index is 1.16. The highest BCUT2D eigenvalue weighted by molar-refractivity contribution is 6.29. The lowest BCUT2D eigenvalue weighted by molar-refractivity contribution is 0.591. The van der Waals surface area contributed by atoms with E-state index in [1.165, 1.54) is 88.0 Å². The average Bonchev–Trinajstić information content (AvgIpc) is 3.30. The highest BCUT2D eigenvalue weighted by Gasteiger charge is 2.25. The van der Waals surface area contributed by atoms with Crippen LogP contribution in [-0.4, -0.2) is 0 Å². The van der Waals surface area contributed by atoms with E-state index in [-0.39, 0.29) is 10.8 Å². The van der Waals surface area contributed by atoms with Gasteiger partial charge in [0.2, 0.25) is 0 Å². The number of anilines is 6. The Kier molecular flexibility index (Phi) is 10.6. The third kappa shape index (κ3) is 8.00. The van der Waals surface area contributed by atoms with Gasteiger partial charge in [-0.1, -0.05) is 149 Å². The van der Waals surface area contributed by atoms with E-state index < -0.39 is 0 Å². The highest BCUT2D eigenvalue weighted by Crippen LogP contribution is 2.48. The standard InChI is InChI=1S/C64H60N2/c1-41-11-23-51(24-12-41)65(52-25-13-42(2)14-26-52)55-31-19-45(20-32-55)57-37-47-35-50(64(8,9)10)40-60-58(38-48-36-49(63(5,6)7)39-59(57)61(48)62(47)60)46-21-33-56(34-22-46)66(53-27-15-43(3)16-28-53)54-29-17-44(4)18-30-54/h11-40H,1-10H3. The van der Waals surface area contributed by atoms with Crippen molar-refractivity contribution in [2.45, 2.75) is 80.1 Å².